The molecule has 80 heavy (non-hydrogen) atoms. The van der Waals surface area contributed by atoms with Gasteiger partial charge in [-0.2, -0.15) is 0 Å². The molecule has 3 aromatic heterocycles. The van der Waals surface area contributed by atoms with Crippen LogP contribution in [0.15, 0.2) is 137 Å². The van der Waals surface area contributed by atoms with Gasteiger partial charge in [-0.05, 0) is 248 Å². The van der Waals surface area contributed by atoms with Crippen LogP contribution < -0.4 is 10.9 Å². The van der Waals surface area contributed by atoms with E-state index < -0.39 is 0 Å². The molecule has 2 aliphatic rings. The van der Waals surface area contributed by atoms with Crippen LogP contribution in [0.5, 0.6) is 0 Å². The fraction of sp³-hybridized carbons (Fsp3) is 0.429. The molecule has 0 N–H and O–H groups in total. The van der Waals surface area contributed by atoms with E-state index in [1.54, 1.807) is 0 Å². The summed E-state index contributed by atoms with van der Waals surface area (Å²) in [5.41, 5.74) is 3.38. The molecule has 6 aromatic carbocycles. The SMILES string of the molecule is CC1(C)OB(c2ccc3cc4cc(B5OC(C)(C)C(C)(C)O5)ccc4cc3c2)OC1(C)C.CCCCCCc1ccc(-c2ccc3cc4cc(-c5ccc(CCCCCC)s5)ccc4cc3c2)s1.CCCCCCc1ccc(Br)s1. The summed E-state index contributed by atoms with van der Waals surface area (Å²) < 4.78 is 26.2. The first-order valence-electron chi connectivity index (χ1n) is 29.9. The number of benzene rings is 6. The molecule has 11 rings (SSSR count). The van der Waals surface area contributed by atoms with Gasteiger partial charge in [-0.1, -0.05) is 139 Å². The van der Waals surface area contributed by atoms with Crippen LogP contribution in [0.4, 0.5) is 0 Å². The third-order valence-corrected chi connectivity index (χ3v) is 21.1. The van der Waals surface area contributed by atoms with Gasteiger partial charge >= 0.3 is 14.2 Å². The molecular formula is C70H85B2BrO4S3. The lowest BCUT2D eigenvalue weighted by Crippen LogP contribution is -2.41. The molecule has 2 saturated heterocycles. The zero-order valence-corrected chi connectivity index (χ0v) is 53.7. The fourth-order valence-electron chi connectivity index (χ4n) is 10.6. The number of hydrogen-bond acceptors (Lipinski definition) is 7. The van der Waals surface area contributed by atoms with E-state index in [0.717, 1.165) is 10.9 Å². The summed E-state index contributed by atoms with van der Waals surface area (Å²) in [5, 5.41) is 10.0. The Hall–Kier alpha value is -4.09. The van der Waals surface area contributed by atoms with Crippen molar-refractivity contribution in [1.29, 1.82) is 0 Å². The molecule has 5 heterocycles. The van der Waals surface area contributed by atoms with Gasteiger partial charge in [0.25, 0.3) is 0 Å². The Labute approximate surface area is 500 Å². The lowest BCUT2D eigenvalue weighted by Gasteiger charge is -2.32. The molecule has 0 atom stereocenters. The topological polar surface area (TPSA) is 36.9 Å². The fourth-order valence-corrected chi connectivity index (χ4v) is 14.2. The molecule has 4 nitrogen and oxygen atoms in total. The first-order valence-corrected chi connectivity index (χ1v) is 33.2. The first kappa shape index (κ1) is 60.5. The summed E-state index contributed by atoms with van der Waals surface area (Å²) in [6, 6.07) is 49.7. The molecule has 0 radical (unpaired) electrons. The monoisotopic (exact) mass is 1190 g/mol. The second kappa shape index (κ2) is 26.7. The van der Waals surface area contributed by atoms with Crippen LogP contribution in [-0.2, 0) is 37.9 Å². The largest absolute Gasteiger partial charge is 0.494 e. The molecule has 420 valence electrons. The van der Waals surface area contributed by atoms with Crippen molar-refractivity contribution < 1.29 is 18.6 Å². The van der Waals surface area contributed by atoms with E-state index >= 15 is 0 Å². The Kier molecular flexibility index (Phi) is 20.2. The average molecular weight is 1190 g/mol. The van der Waals surface area contributed by atoms with E-state index in [0.29, 0.717) is 0 Å². The van der Waals surface area contributed by atoms with Crippen molar-refractivity contribution in [3.05, 3.63) is 152 Å². The second-order valence-electron chi connectivity index (χ2n) is 24.4. The molecule has 0 amide bonds. The zero-order chi connectivity index (χ0) is 56.7. The summed E-state index contributed by atoms with van der Waals surface area (Å²) >= 11 is 9.27. The van der Waals surface area contributed by atoms with E-state index in [4.69, 9.17) is 18.6 Å². The molecule has 0 unspecified atom stereocenters. The summed E-state index contributed by atoms with van der Waals surface area (Å²) in [4.78, 5) is 7.33. The van der Waals surface area contributed by atoms with Crippen molar-refractivity contribution in [2.75, 3.05) is 0 Å². The minimum atomic E-state index is -0.356. The minimum absolute atomic E-state index is 0.347. The lowest BCUT2D eigenvalue weighted by molar-refractivity contribution is 0.00578. The normalized spacial score (nSPS) is 16.1. The smallest absolute Gasteiger partial charge is 0.399 e. The maximum atomic E-state index is 6.24. The van der Waals surface area contributed by atoms with E-state index in [-0.39, 0.29) is 36.6 Å². The number of hydrogen-bond donors (Lipinski definition) is 0. The maximum Gasteiger partial charge on any atom is 0.494 e. The van der Waals surface area contributed by atoms with Crippen LogP contribution in [-0.4, -0.2) is 36.6 Å². The van der Waals surface area contributed by atoms with E-state index in [9.17, 15) is 0 Å². The first-order chi connectivity index (χ1) is 38.3. The molecule has 0 aliphatic carbocycles. The Morgan fingerprint density at radius 3 is 1.00 bits per heavy atom. The van der Waals surface area contributed by atoms with E-state index in [2.05, 4.69) is 226 Å². The van der Waals surface area contributed by atoms with Crippen molar-refractivity contribution in [2.45, 2.75) is 195 Å². The highest BCUT2D eigenvalue weighted by Crippen LogP contribution is 2.40. The van der Waals surface area contributed by atoms with Crippen molar-refractivity contribution in [2.24, 2.45) is 0 Å². The third kappa shape index (κ3) is 14.8. The second-order valence-corrected chi connectivity index (χ2v) is 29.3. The standard InChI is InChI=1S/C34H38S2.C26H32B2O4.C10H15BrS/c1-3-5-7-9-11-31-17-19-33(35-31)27-15-13-25-22-30-24-28(16-14-26(30)21-29(25)23-27)34-20-18-32(36-34)12-10-8-6-4-2;1-23(2)24(3,4)30-27(29-23)21-11-9-17-14-20-16-22(12-10-18(20)13-19(17)15-21)28-31-25(5,6)26(7,8)32-28;1-2-3-4-5-6-9-7-8-10(11)12-9/h13-24H,3-12H2,1-2H3;9-16H,1-8H3;7-8H,2-6H2,1H3. The Balaban J connectivity index is 0.000000162. The van der Waals surface area contributed by atoms with Gasteiger partial charge < -0.3 is 18.6 Å². The van der Waals surface area contributed by atoms with Crippen LogP contribution in [0.3, 0.4) is 0 Å². The Bertz CT molecular complexity index is 3260. The number of aryl methyl sites for hydroxylation is 3. The highest BCUT2D eigenvalue weighted by Gasteiger charge is 2.52. The van der Waals surface area contributed by atoms with Gasteiger partial charge in [-0.3, -0.25) is 0 Å². The van der Waals surface area contributed by atoms with Crippen molar-refractivity contribution in [3.63, 3.8) is 0 Å². The number of thiophene rings is 3. The van der Waals surface area contributed by atoms with Crippen molar-refractivity contribution in [3.8, 4) is 20.9 Å². The summed E-state index contributed by atoms with van der Waals surface area (Å²) in [6.07, 6.45) is 19.8. The van der Waals surface area contributed by atoms with Gasteiger partial charge in [0.05, 0.1) is 26.2 Å². The van der Waals surface area contributed by atoms with Crippen LogP contribution in [0.2, 0.25) is 0 Å². The molecule has 2 aliphatic heterocycles. The highest BCUT2D eigenvalue weighted by atomic mass is 79.9. The maximum absolute atomic E-state index is 6.24. The molecule has 0 bridgehead atoms. The Morgan fingerprint density at radius 1 is 0.338 bits per heavy atom. The van der Waals surface area contributed by atoms with Gasteiger partial charge in [0.15, 0.2) is 0 Å². The van der Waals surface area contributed by atoms with Crippen molar-refractivity contribution >= 4 is 118 Å². The highest BCUT2D eigenvalue weighted by molar-refractivity contribution is 9.11. The van der Waals surface area contributed by atoms with E-state index in [1.165, 1.54) is 179 Å². The number of fused-ring (bicyclic) bond motifs is 4. The average Bonchev–Trinajstić information content (AvgIpc) is 4.29. The Morgan fingerprint density at radius 2 is 0.662 bits per heavy atom. The zero-order valence-electron chi connectivity index (χ0n) is 49.7. The quantitative estimate of drug-likeness (QED) is 0.0459. The van der Waals surface area contributed by atoms with Crippen LogP contribution in [0.25, 0.3) is 64.0 Å². The molecule has 10 heteroatoms. The molecule has 2 fully saturated rings. The number of rotatable bonds is 19. The predicted molar refractivity (Wildman–Crippen MR) is 357 cm³/mol. The van der Waals surface area contributed by atoms with E-state index in [1.807, 2.05) is 34.0 Å². The van der Waals surface area contributed by atoms with Gasteiger partial charge in [-0.15, -0.1) is 34.0 Å². The van der Waals surface area contributed by atoms with Crippen LogP contribution in [0, 0.1) is 0 Å². The summed E-state index contributed by atoms with van der Waals surface area (Å²) in [6.45, 7) is 23.5. The molecule has 9 aromatic rings. The minimum Gasteiger partial charge on any atom is -0.399 e. The van der Waals surface area contributed by atoms with Crippen molar-refractivity contribution in [1.82, 2.24) is 0 Å². The molecular weight excluding hydrogens is 1100 g/mol. The molecule has 0 saturated carbocycles. The van der Waals surface area contributed by atoms with Gasteiger partial charge in [0.2, 0.25) is 0 Å². The van der Waals surface area contributed by atoms with Crippen LogP contribution >= 0.6 is 49.9 Å². The molecule has 0 spiro atoms. The number of halogens is 1. The third-order valence-electron chi connectivity index (χ3n) is 17.0. The number of unbranched alkanes of at least 4 members (excludes halogenated alkanes) is 9. The lowest BCUT2D eigenvalue weighted by atomic mass is 9.77. The van der Waals surface area contributed by atoms with Crippen LogP contribution in [0.1, 0.15) is 168 Å². The van der Waals surface area contributed by atoms with Gasteiger partial charge in [-0.25, -0.2) is 0 Å². The summed E-state index contributed by atoms with van der Waals surface area (Å²) in [5.74, 6) is 0. The van der Waals surface area contributed by atoms with Gasteiger partial charge in [0.1, 0.15) is 0 Å². The summed E-state index contributed by atoms with van der Waals surface area (Å²) in [7, 11) is -0.711. The van der Waals surface area contributed by atoms with Gasteiger partial charge in [0, 0.05) is 24.4 Å². The predicted octanol–water partition coefficient (Wildman–Crippen LogP) is 20.9.